The predicted molar refractivity (Wildman–Crippen MR) is 636 cm³/mol. The highest BCUT2D eigenvalue weighted by Gasteiger charge is 2.25. The molecule has 147 heavy (non-hydrogen) atoms. The second-order valence-electron chi connectivity index (χ2n) is 37.3. The number of aromatic nitrogens is 2. The fourth-order valence-electron chi connectivity index (χ4n) is 21.7. The smallest absolute Gasteiger partial charge is 0.0541 e. The summed E-state index contributed by atoms with van der Waals surface area (Å²) in [4.78, 5) is 6.93. The van der Waals surface area contributed by atoms with Crippen molar-refractivity contribution in [2.75, 3.05) is 14.7 Å². The van der Waals surface area contributed by atoms with Crippen LogP contribution in [0.5, 0.6) is 0 Å². The van der Waals surface area contributed by atoms with E-state index in [9.17, 15) is 0 Å². The second kappa shape index (κ2) is 38.0. The Labute approximate surface area is 867 Å². The zero-order valence-corrected chi connectivity index (χ0v) is 83.2. The molecule has 0 aliphatic rings. The van der Waals surface area contributed by atoms with Gasteiger partial charge in [0.2, 0.25) is 0 Å². The van der Waals surface area contributed by atoms with Gasteiger partial charge in [0.1, 0.15) is 0 Å². The minimum atomic E-state index is 1.12. The number of anilines is 9. The van der Waals surface area contributed by atoms with Gasteiger partial charge in [0, 0.05) is 181 Å². The maximum atomic E-state index is 2.40. The summed E-state index contributed by atoms with van der Waals surface area (Å²) in [6.45, 7) is 0. The van der Waals surface area contributed by atoms with Crippen LogP contribution in [0.1, 0.15) is 0 Å². The van der Waals surface area contributed by atoms with Crippen LogP contribution in [0.2, 0.25) is 0 Å². The lowest BCUT2D eigenvalue weighted by molar-refractivity contribution is 1.18. The van der Waals surface area contributed by atoms with Gasteiger partial charge in [-0.25, -0.2) is 0 Å². The molecular formula is C138H91N5S4. The van der Waals surface area contributed by atoms with Gasteiger partial charge < -0.3 is 23.8 Å². The molecule has 0 saturated heterocycles. The summed E-state index contributed by atoms with van der Waals surface area (Å²) < 4.78 is 15.4. The van der Waals surface area contributed by atoms with Gasteiger partial charge in [-0.1, -0.05) is 315 Å². The lowest BCUT2D eigenvalue weighted by Gasteiger charge is -2.25. The Morgan fingerprint density at radius 3 is 0.701 bits per heavy atom. The highest BCUT2D eigenvalue weighted by molar-refractivity contribution is 7.27. The second-order valence-corrected chi connectivity index (χ2v) is 41.5. The van der Waals surface area contributed by atoms with Crippen LogP contribution in [0.25, 0.3) is 202 Å². The standard InChI is InChI=1S/2C48H32N2S.C42H27NS2/c1-4-14-36(15-5-1)49(37-16-6-2-7-17-37)39-27-24-33(25-28-39)35-31-42(48-44(32-35)41-21-11-13-23-47(41)51-48)34-26-29-46-43(30-34)40-20-10-12-22-45(40)50(46)38-18-8-3-9-19-38;1-3-13-36(14-4-1)49(37-15-5-2-6-16-37)38-27-23-33(24-28-38)35-31-43(48-44(32-35)42-19-9-12-22-47(42)51-48)34-25-29-39(30-26-34)50-45-20-10-7-17-40(45)41-18-8-11-21-46(41)50;1-3-11-31(12-4-1)43(32-13-5-2-6-14-32)33-22-19-28(20-23-33)30-26-36(42-38(27-30)35-16-8-10-18-40(35)45-42)29-21-24-41-37(25-29)34-15-7-9-17-39(34)44-41/h2*1-32H;1-27H. The van der Waals surface area contributed by atoms with E-state index in [1.807, 2.05) is 45.3 Å². The molecule has 0 aliphatic carbocycles. The van der Waals surface area contributed by atoms with Gasteiger partial charge >= 0.3 is 0 Å². The van der Waals surface area contributed by atoms with Crippen molar-refractivity contribution < 1.29 is 0 Å². The molecule has 9 heteroatoms. The Hall–Kier alpha value is -18.1. The maximum Gasteiger partial charge on any atom is 0.0541 e. The molecule has 6 aromatic heterocycles. The molecular weight excluding hydrogens is 1860 g/mol. The Morgan fingerprint density at radius 1 is 0.129 bits per heavy atom. The molecule has 0 spiro atoms. The molecule has 0 unspecified atom stereocenters. The van der Waals surface area contributed by atoms with Crippen molar-refractivity contribution in [1.82, 2.24) is 9.13 Å². The van der Waals surface area contributed by atoms with Crippen LogP contribution in [0.4, 0.5) is 51.2 Å². The summed E-state index contributed by atoms with van der Waals surface area (Å²) in [6, 6.07) is 200. The Morgan fingerprint density at radius 2 is 0.354 bits per heavy atom. The largest absolute Gasteiger partial charge is 0.311 e. The van der Waals surface area contributed by atoms with E-state index in [0.717, 1.165) is 56.9 Å². The molecule has 692 valence electrons. The molecule has 0 N–H and O–H groups in total. The van der Waals surface area contributed by atoms with Crippen molar-refractivity contribution in [2.45, 2.75) is 0 Å². The SMILES string of the molecule is c1ccc(N(c2ccccc2)c2ccc(-c3cc(-c4ccc(-n5c6ccccc6c6ccccc65)cc4)c4sc5ccccc5c4c3)cc2)cc1.c1ccc(N(c2ccccc2)c2ccc(-c3cc(-c4ccc5c(c4)c4ccccc4n5-c4ccccc4)c4sc5ccccc5c4c3)cc2)cc1.c1ccc(N(c2ccccc2)c2ccc(-c3cc(-c4ccc5sc6ccccc6c5c4)c4sc5ccccc5c4c3)cc2)cc1. The van der Waals surface area contributed by atoms with E-state index in [2.05, 4.69) is 576 Å². The van der Waals surface area contributed by atoms with Crippen LogP contribution in [0.15, 0.2) is 552 Å². The third-order valence-electron chi connectivity index (χ3n) is 28.6. The summed E-state index contributed by atoms with van der Waals surface area (Å²) in [6.07, 6.45) is 0. The molecule has 0 aliphatic heterocycles. The predicted octanol–water partition coefficient (Wildman–Crippen LogP) is 41.1. The first-order valence-corrected chi connectivity index (χ1v) is 53.1. The van der Waals surface area contributed by atoms with Gasteiger partial charge in [0.05, 0.1) is 22.1 Å². The van der Waals surface area contributed by atoms with Crippen LogP contribution < -0.4 is 14.7 Å². The first kappa shape index (κ1) is 87.9. The molecule has 29 aromatic rings. The average molecular weight is 1950 g/mol. The van der Waals surface area contributed by atoms with E-state index in [4.69, 9.17) is 0 Å². The third-order valence-corrected chi connectivity index (χ3v) is 33.4. The van der Waals surface area contributed by atoms with E-state index in [-0.39, 0.29) is 0 Å². The Kier molecular flexibility index (Phi) is 22.7. The van der Waals surface area contributed by atoms with Gasteiger partial charge in [-0.05, 0) is 287 Å². The van der Waals surface area contributed by atoms with Crippen LogP contribution >= 0.6 is 45.3 Å². The van der Waals surface area contributed by atoms with Crippen LogP contribution in [0, 0.1) is 0 Å². The van der Waals surface area contributed by atoms with E-state index in [1.165, 1.54) is 197 Å². The molecule has 0 radical (unpaired) electrons. The van der Waals surface area contributed by atoms with Crippen molar-refractivity contribution >= 4 is 221 Å². The quantitative estimate of drug-likeness (QED) is 0.0906. The molecule has 0 saturated carbocycles. The average Bonchev–Trinajstić information content (AvgIpc) is 1.58. The topological polar surface area (TPSA) is 19.6 Å². The van der Waals surface area contributed by atoms with Crippen molar-refractivity contribution in [3.63, 3.8) is 0 Å². The van der Waals surface area contributed by atoms with Gasteiger partial charge in [-0.3, -0.25) is 0 Å². The summed E-state index contributed by atoms with van der Waals surface area (Å²) >= 11 is 7.54. The first-order valence-electron chi connectivity index (χ1n) is 49.9. The van der Waals surface area contributed by atoms with Crippen LogP contribution in [-0.4, -0.2) is 9.13 Å². The molecule has 23 aromatic carbocycles. The zero-order chi connectivity index (χ0) is 97.2. The maximum absolute atomic E-state index is 2.40. The van der Waals surface area contributed by atoms with Crippen LogP contribution in [-0.2, 0) is 0 Å². The molecule has 29 rings (SSSR count). The number of nitrogens with zero attached hydrogens (tertiary/aromatic N) is 5. The highest BCUT2D eigenvalue weighted by atomic mass is 32.1. The number of benzene rings is 23. The molecule has 6 heterocycles. The van der Waals surface area contributed by atoms with Crippen LogP contribution in [0.3, 0.4) is 0 Å². The molecule has 0 atom stereocenters. The van der Waals surface area contributed by atoms with Crippen molar-refractivity contribution in [3.8, 4) is 78.1 Å². The Bertz CT molecular complexity index is 9780. The molecule has 5 nitrogen and oxygen atoms in total. The number of thiophene rings is 4. The monoisotopic (exact) mass is 1950 g/mol. The number of rotatable bonds is 17. The summed E-state index contributed by atoms with van der Waals surface area (Å²) in [5.41, 5.74) is 32.2. The van der Waals surface area contributed by atoms with Gasteiger partial charge in [-0.2, -0.15) is 0 Å². The van der Waals surface area contributed by atoms with E-state index >= 15 is 0 Å². The van der Waals surface area contributed by atoms with E-state index in [1.54, 1.807) is 0 Å². The number of para-hydroxylation sites is 10. The normalized spacial score (nSPS) is 11.5. The number of hydrogen-bond donors (Lipinski definition) is 0. The number of hydrogen-bond acceptors (Lipinski definition) is 7. The van der Waals surface area contributed by atoms with Gasteiger partial charge in [-0.15, -0.1) is 45.3 Å². The summed E-state index contributed by atoms with van der Waals surface area (Å²) in [7, 11) is 0. The van der Waals surface area contributed by atoms with Gasteiger partial charge in [0.25, 0.3) is 0 Å². The fourth-order valence-corrected chi connectivity index (χ4v) is 26.5. The molecule has 0 bridgehead atoms. The summed E-state index contributed by atoms with van der Waals surface area (Å²) in [5, 5.41) is 15.6. The molecule has 0 fully saturated rings. The zero-order valence-electron chi connectivity index (χ0n) is 79.9. The molecule has 0 amide bonds. The van der Waals surface area contributed by atoms with E-state index < -0.39 is 0 Å². The lowest BCUT2D eigenvalue weighted by Crippen LogP contribution is -2.09. The minimum Gasteiger partial charge on any atom is -0.311 e. The summed E-state index contributed by atoms with van der Waals surface area (Å²) in [5.74, 6) is 0. The van der Waals surface area contributed by atoms with E-state index in [0.29, 0.717) is 0 Å². The Balaban J connectivity index is 0.000000109. The van der Waals surface area contributed by atoms with Crippen molar-refractivity contribution in [2.24, 2.45) is 0 Å². The lowest BCUT2D eigenvalue weighted by atomic mass is 9.95. The van der Waals surface area contributed by atoms with Crippen molar-refractivity contribution in [1.29, 1.82) is 0 Å². The van der Waals surface area contributed by atoms with Crippen molar-refractivity contribution in [3.05, 3.63) is 552 Å². The third kappa shape index (κ3) is 16.3. The number of fused-ring (bicyclic) bond motifs is 18. The fraction of sp³-hybridized carbons (Fsp3) is 0. The first-order chi connectivity index (χ1) is 72.9. The highest BCUT2D eigenvalue weighted by Crippen LogP contribution is 2.51. The minimum absolute atomic E-state index is 1.12. The van der Waals surface area contributed by atoms with Gasteiger partial charge in [0.15, 0.2) is 0 Å².